The Balaban J connectivity index is 1.42. The van der Waals surface area contributed by atoms with E-state index in [2.05, 4.69) is 20.9 Å². The van der Waals surface area contributed by atoms with Crippen molar-refractivity contribution in [1.29, 1.82) is 0 Å². The average Bonchev–Trinajstić information content (AvgIpc) is 3.93. The minimum atomic E-state index is -1.37. The Morgan fingerprint density at radius 3 is 2.17 bits per heavy atom. The highest BCUT2D eigenvalue weighted by molar-refractivity contribution is 5.93. The molecule has 2 saturated heterocycles. The molecule has 4 aromatic rings. The van der Waals surface area contributed by atoms with Gasteiger partial charge in [-0.05, 0) is 75.0 Å². The number of halogens is 4. The molecule has 6 rings (SSSR count). The maximum absolute atomic E-state index is 15.5. The first-order chi connectivity index (χ1) is 27.8. The van der Waals surface area contributed by atoms with E-state index in [0.29, 0.717) is 27.7 Å². The number of aromatic amines is 1. The molecule has 2 aliphatic heterocycles. The molecule has 4 heterocycles. The van der Waals surface area contributed by atoms with Crippen LogP contribution in [0.15, 0.2) is 36.4 Å². The molecule has 0 spiro atoms. The third kappa shape index (κ3) is 9.10. The van der Waals surface area contributed by atoms with E-state index in [1.165, 1.54) is 41.0 Å². The van der Waals surface area contributed by atoms with Gasteiger partial charge in [-0.15, -0.1) is 0 Å². The number of carbonyl (C=O) groups excluding carboxylic acids is 4. The Morgan fingerprint density at radius 1 is 0.915 bits per heavy atom. The molecule has 320 valence electrons. The predicted octanol–water partition coefficient (Wildman–Crippen LogP) is 4.26. The molecule has 0 aliphatic carbocycles. The molecule has 59 heavy (non-hydrogen) atoms. The summed E-state index contributed by atoms with van der Waals surface area (Å²) >= 11 is 0. The van der Waals surface area contributed by atoms with Crippen LogP contribution in [-0.4, -0.2) is 117 Å². The number of amides is 4. The Bertz CT molecular complexity index is 2220. The normalized spacial score (nSPS) is 21.8. The van der Waals surface area contributed by atoms with Crippen LogP contribution >= 0.6 is 0 Å². The second kappa shape index (κ2) is 17.3. The largest absolute Gasteiger partial charge is 0.352 e. The van der Waals surface area contributed by atoms with Gasteiger partial charge in [0.25, 0.3) is 0 Å². The van der Waals surface area contributed by atoms with Gasteiger partial charge in [-0.2, -0.15) is 0 Å². The van der Waals surface area contributed by atoms with Gasteiger partial charge in [-0.1, -0.05) is 27.7 Å². The van der Waals surface area contributed by atoms with Gasteiger partial charge in [0.1, 0.15) is 36.1 Å². The van der Waals surface area contributed by atoms with Crippen molar-refractivity contribution in [2.75, 3.05) is 20.1 Å². The van der Waals surface area contributed by atoms with Gasteiger partial charge in [0, 0.05) is 42.4 Å². The van der Waals surface area contributed by atoms with Gasteiger partial charge < -0.3 is 41.0 Å². The summed E-state index contributed by atoms with van der Waals surface area (Å²) in [4.78, 5) is 64.8. The topological polar surface area (TPSA) is 170 Å². The molecule has 4 amide bonds. The number of imidazole rings is 1. The standard InChI is InChI=1S/C42H55F4N9O4/c1-8-31(51-38(56)21(2)47)40(58)53-18-25(45)13-27(53)17-30-29-11-9-23(43)15-32(29)49-35(30)37-50-33-16-24(44)10-12-34(33)55(37)20-28-14-26(46)19-54(28)41(59)36(42(4,5)6)52-39(57)22(3)48-7/h9-12,15-16,21-22,25-28,31,36,48-49H,8,13-14,17-20,47H2,1-7H3,(H,51,56)(H,52,57). The van der Waals surface area contributed by atoms with Crippen LogP contribution in [0.4, 0.5) is 17.6 Å². The summed E-state index contributed by atoms with van der Waals surface area (Å²) in [5.74, 6) is -2.61. The number of hydrogen-bond donors (Lipinski definition) is 5. The van der Waals surface area contributed by atoms with Crippen molar-refractivity contribution in [1.82, 2.24) is 40.3 Å². The molecule has 8 atom stereocenters. The van der Waals surface area contributed by atoms with Gasteiger partial charge in [-0.3, -0.25) is 19.2 Å². The van der Waals surface area contributed by atoms with Crippen LogP contribution < -0.4 is 21.7 Å². The number of carbonyl (C=O) groups is 4. The summed E-state index contributed by atoms with van der Waals surface area (Å²) in [5, 5.41) is 8.98. The molecular formula is C42H55F4N9O4. The number of nitrogens with zero attached hydrogens (tertiary/aromatic N) is 4. The number of fused-ring (bicyclic) bond motifs is 2. The van der Waals surface area contributed by atoms with E-state index in [9.17, 15) is 28.0 Å². The number of aromatic nitrogens is 3. The zero-order chi connectivity index (χ0) is 43.1. The lowest BCUT2D eigenvalue weighted by Gasteiger charge is -2.36. The molecule has 0 saturated carbocycles. The monoisotopic (exact) mass is 825 g/mol. The van der Waals surface area contributed by atoms with Crippen LogP contribution in [-0.2, 0) is 32.1 Å². The number of likely N-dealkylation sites (N-methyl/N-ethyl adjacent to an activating group) is 1. The van der Waals surface area contributed by atoms with Crippen LogP contribution in [0.2, 0.25) is 0 Å². The number of rotatable bonds is 13. The van der Waals surface area contributed by atoms with Crippen molar-refractivity contribution in [3.8, 4) is 11.5 Å². The molecule has 6 N–H and O–H groups in total. The van der Waals surface area contributed by atoms with Gasteiger partial charge in [0.15, 0.2) is 5.82 Å². The van der Waals surface area contributed by atoms with Crippen LogP contribution in [0, 0.1) is 17.0 Å². The van der Waals surface area contributed by atoms with Crippen LogP contribution in [0.25, 0.3) is 33.5 Å². The van der Waals surface area contributed by atoms with Gasteiger partial charge >= 0.3 is 0 Å². The van der Waals surface area contributed by atoms with Crippen molar-refractivity contribution in [2.45, 2.75) is 122 Å². The molecule has 0 bridgehead atoms. The smallest absolute Gasteiger partial charge is 0.246 e. The van der Waals surface area contributed by atoms with Crippen LogP contribution in [0.3, 0.4) is 0 Å². The number of hydrogen-bond acceptors (Lipinski definition) is 7. The van der Waals surface area contributed by atoms with Crippen LogP contribution in [0.5, 0.6) is 0 Å². The highest BCUT2D eigenvalue weighted by Crippen LogP contribution is 2.37. The Morgan fingerprint density at radius 2 is 1.54 bits per heavy atom. The number of nitrogens with one attached hydrogen (secondary N) is 4. The maximum Gasteiger partial charge on any atom is 0.246 e. The molecule has 13 nitrogen and oxygen atoms in total. The summed E-state index contributed by atoms with van der Waals surface area (Å²) in [5.41, 5.74) is 7.12. The summed E-state index contributed by atoms with van der Waals surface area (Å²) in [7, 11) is 1.63. The number of likely N-dealkylation sites (tertiary alicyclic amines) is 2. The van der Waals surface area contributed by atoms with E-state index in [1.54, 1.807) is 37.6 Å². The molecule has 0 radical (unpaired) electrons. The van der Waals surface area contributed by atoms with Crippen molar-refractivity contribution in [2.24, 2.45) is 11.1 Å². The first kappa shape index (κ1) is 43.5. The minimum absolute atomic E-state index is 0.00599. The molecular weight excluding hydrogens is 771 g/mol. The lowest BCUT2D eigenvalue weighted by atomic mass is 9.85. The van der Waals surface area contributed by atoms with Crippen molar-refractivity contribution >= 4 is 45.6 Å². The zero-order valence-corrected chi connectivity index (χ0v) is 34.5. The van der Waals surface area contributed by atoms with Gasteiger partial charge in [0.05, 0.1) is 47.9 Å². The molecule has 2 aliphatic rings. The molecule has 8 unspecified atom stereocenters. The lowest BCUT2D eigenvalue weighted by molar-refractivity contribution is -0.140. The summed E-state index contributed by atoms with van der Waals surface area (Å²) in [6, 6.07) is 3.47. The van der Waals surface area contributed by atoms with E-state index in [1.807, 2.05) is 20.8 Å². The number of alkyl halides is 2. The lowest BCUT2D eigenvalue weighted by Crippen LogP contribution is -2.58. The highest BCUT2D eigenvalue weighted by atomic mass is 19.1. The predicted molar refractivity (Wildman–Crippen MR) is 216 cm³/mol. The SMILES string of the molecule is CCC(NC(=O)C(C)N)C(=O)N1CC(F)CC1Cc1c(-c2nc3cc(F)ccc3n2CC2CC(F)CN2C(=O)C(NC(=O)C(C)NC)C(C)(C)C)[nH]c2cc(F)ccc12. The molecule has 17 heteroatoms. The highest BCUT2D eigenvalue weighted by Gasteiger charge is 2.44. The second-order valence-corrected chi connectivity index (χ2v) is 17.1. The third-order valence-corrected chi connectivity index (χ3v) is 11.6. The van der Waals surface area contributed by atoms with E-state index in [0.717, 1.165) is 0 Å². The van der Waals surface area contributed by atoms with Gasteiger partial charge in [-0.25, -0.2) is 22.5 Å². The fraction of sp³-hybridized carbons (Fsp3) is 0.548. The molecule has 2 aromatic carbocycles. The quantitative estimate of drug-likeness (QED) is 0.126. The molecule has 2 fully saturated rings. The van der Waals surface area contributed by atoms with Crippen molar-refractivity contribution in [3.05, 3.63) is 53.6 Å². The summed E-state index contributed by atoms with van der Waals surface area (Å²) < 4.78 is 62.1. The Kier molecular flexibility index (Phi) is 12.8. The summed E-state index contributed by atoms with van der Waals surface area (Å²) in [6.07, 6.45) is -2.41. The first-order valence-corrected chi connectivity index (χ1v) is 20.2. The minimum Gasteiger partial charge on any atom is -0.352 e. The fourth-order valence-electron chi connectivity index (χ4n) is 8.24. The van der Waals surface area contributed by atoms with Crippen molar-refractivity contribution in [3.63, 3.8) is 0 Å². The van der Waals surface area contributed by atoms with Gasteiger partial charge in [0.2, 0.25) is 23.6 Å². The zero-order valence-electron chi connectivity index (χ0n) is 34.5. The molecule has 2 aromatic heterocycles. The number of H-pyrrole nitrogens is 1. The van der Waals surface area contributed by atoms with Crippen molar-refractivity contribution < 1.29 is 36.7 Å². The second-order valence-electron chi connectivity index (χ2n) is 17.1. The maximum atomic E-state index is 15.5. The first-order valence-electron chi connectivity index (χ1n) is 20.2. The average molecular weight is 826 g/mol. The fourth-order valence-corrected chi connectivity index (χ4v) is 8.24. The summed E-state index contributed by atoms with van der Waals surface area (Å²) in [6.45, 7) is 9.96. The number of nitrogens with two attached hydrogens (primary N) is 1. The van der Waals surface area contributed by atoms with E-state index < -0.39 is 83.4 Å². The Labute approximate surface area is 340 Å². The van der Waals surface area contributed by atoms with E-state index in [-0.39, 0.29) is 62.6 Å². The third-order valence-electron chi connectivity index (χ3n) is 11.6. The van der Waals surface area contributed by atoms with E-state index in [4.69, 9.17) is 10.7 Å². The number of benzene rings is 2. The Hall–Kier alpha value is -5.03. The van der Waals surface area contributed by atoms with E-state index >= 15 is 8.78 Å². The van der Waals surface area contributed by atoms with Crippen LogP contribution in [0.1, 0.15) is 66.4 Å².